The van der Waals surface area contributed by atoms with Crippen LogP contribution in [0.2, 0.25) is 0 Å². The van der Waals surface area contributed by atoms with E-state index in [0.717, 1.165) is 23.5 Å². The number of aromatic nitrogens is 1. The molecule has 1 aromatic carbocycles. The number of sulfonamides is 1. The lowest BCUT2D eigenvalue weighted by molar-refractivity contribution is 0.0958. The second kappa shape index (κ2) is 7.54. The molecule has 1 aromatic heterocycles. The van der Waals surface area contributed by atoms with Crippen molar-refractivity contribution in [1.29, 1.82) is 0 Å². The molecule has 7 nitrogen and oxygen atoms in total. The first-order chi connectivity index (χ1) is 11.3. The fourth-order valence-electron chi connectivity index (χ4n) is 1.70. The number of hydrogen-bond acceptors (Lipinski definition) is 6. The summed E-state index contributed by atoms with van der Waals surface area (Å²) in [6, 6.07) is 7.97. The number of nitrogens with one attached hydrogen (secondary N) is 2. The molecule has 0 spiro atoms. The molecule has 24 heavy (non-hydrogen) atoms. The Bertz CT molecular complexity index is 858. The first-order valence-electron chi connectivity index (χ1n) is 7.22. The number of carbonyl (C=O) groups excluding carboxylic acids is 1. The molecule has 0 aliphatic heterocycles. The summed E-state index contributed by atoms with van der Waals surface area (Å²) < 4.78 is 26.9. The monoisotopic (exact) mass is 366 g/mol. The van der Waals surface area contributed by atoms with Crippen LogP contribution < -0.4 is 10.1 Å². The van der Waals surface area contributed by atoms with Crippen LogP contribution in [0.1, 0.15) is 35.6 Å². The van der Waals surface area contributed by atoms with Gasteiger partial charge in [-0.05, 0) is 32.4 Å². The normalized spacial score (nSPS) is 12.0. The van der Waals surface area contributed by atoms with Gasteiger partial charge in [0, 0.05) is 5.71 Å². The van der Waals surface area contributed by atoms with Crippen LogP contribution in [0.5, 0.6) is 0 Å². The number of benzene rings is 1. The molecule has 2 rings (SSSR count). The number of hydrazone groups is 1. The first kappa shape index (κ1) is 18.1. The SMILES string of the molecule is CC/C(C)=N/NC(=O)c1sc(NS(=O)(=O)c2ccccc2)nc1C. The van der Waals surface area contributed by atoms with Crippen molar-refractivity contribution in [2.24, 2.45) is 5.10 Å². The standard InChI is InChI=1S/C15H18N4O3S2/c1-4-10(2)17-18-14(20)13-11(3)16-15(23-13)19-24(21,22)12-8-6-5-7-9-12/h5-9H,4H2,1-3H3,(H,16,19)(H,18,20)/b17-10+. The van der Waals surface area contributed by atoms with E-state index < -0.39 is 15.9 Å². The molecule has 0 saturated heterocycles. The second-order valence-corrected chi connectivity index (χ2v) is 7.68. The highest BCUT2D eigenvalue weighted by molar-refractivity contribution is 7.93. The van der Waals surface area contributed by atoms with Crippen molar-refractivity contribution in [3.8, 4) is 0 Å². The molecule has 0 radical (unpaired) electrons. The summed E-state index contributed by atoms with van der Waals surface area (Å²) in [5.41, 5.74) is 3.67. The molecule has 2 N–H and O–H groups in total. The Morgan fingerprint density at radius 3 is 2.58 bits per heavy atom. The molecule has 0 unspecified atom stereocenters. The molecule has 1 amide bonds. The number of hydrogen-bond donors (Lipinski definition) is 2. The van der Waals surface area contributed by atoms with E-state index in [1.807, 2.05) is 6.92 Å². The molecule has 9 heteroatoms. The smallest absolute Gasteiger partial charge is 0.266 e. The molecule has 0 atom stereocenters. The van der Waals surface area contributed by atoms with E-state index in [4.69, 9.17) is 0 Å². The van der Waals surface area contributed by atoms with Crippen molar-refractivity contribution in [1.82, 2.24) is 10.4 Å². The van der Waals surface area contributed by atoms with Crippen molar-refractivity contribution in [2.45, 2.75) is 32.1 Å². The topological polar surface area (TPSA) is 101 Å². The van der Waals surface area contributed by atoms with Gasteiger partial charge in [0.05, 0.1) is 10.6 Å². The van der Waals surface area contributed by atoms with Crippen LogP contribution in [-0.2, 0) is 10.0 Å². The zero-order valence-electron chi connectivity index (χ0n) is 13.5. The van der Waals surface area contributed by atoms with Gasteiger partial charge in [-0.25, -0.2) is 18.8 Å². The van der Waals surface area contributed by atoms with Crippen LogP contribution in [0.15, 0.2) is 40.3 Å². The number of aryl methyl sites for hydroxylation is 1. The zero-order valence-corrected chi connectivity index (χ0v) is 15.2. The number of nitrogens with zero attached hydrogens (tertiary/aromatic N) is 2. The predicted octanol–water partition coefficient (Wildman–Crippen LogP) is 2.77. The number of thiazole rings is 1. The summed E-state index contributed by atoms with van der Waals surface area (Å²) in [5.74, 6) is -0.414. The van der Waals surface area contributed by atoms with Gasteiger partial charge >= 0.3 is 0 Å². The number of carbonyl (C=O) groups is 1. The van der Waals surface area contributed by atoms with Gasteiger partial charge in [-0.2, -0.15) is 5.10 Å². The average molecular weight is 366 g/mol. The number of rotatable bonds is 6. The van der Waals surface area contributed by atoms with Gasteiger partial charge in [-0.3, -0.25) is 9.52 Å². The van der Waals surface area contributed by atoms with E-state index >= 15 is 0 Å². The first-order valence-corrected chi connectivity index (χ1v) is 9.52. The van der Waals surface area contributed by atoms with Crippen LogP contribution in [0.4, 0.5) is 5.13 Å². The predicted molar refractivity (Wildman–Crippen MR) is 95.0 cm³/mol. The molecular weight excluding hydrogens is 348 g/mol. The maximum absolute atomic E-state index is 12.3. The Labute approximate surface area is 144 Å². The number of anilines is 1. The Morgan fingerprint density at radius 2 is 1.96 bits per heavy atom. The zero-order chi connectivity index (χ0) is 17.7. The molecular formula is C15H18N4O3S2. The van der Waals surface area contributed by atoms with Gasteiger partial charge in [0.1, 0.15) is 4.88 Å². The van der Waals surface area contributed by atoms with Gasteiger partial charge in [0.25, 0.3) is 15.9 Å². The summed E-state index contributed by atoms with van der Waals surface area (Å²) >= 11 is 0.966. The molecule has 0 fully saturated rings. The van der Waals surface area contributed by atoms with E-state index in [2.05, 4.69) is 20.2 Å². The highest BCUT2D eigenvalue weighted by atomic mass is 32.2. The Morgan fingerprint density at radius 1 is 1.29 bits per heavy atom. The van der Waals surface area contributed by atoms with Crippen molar-refractivity contribution in [3.05, 3.63) is 40.9 Å². The maximum Gasteiger partial charge on any atom is 0.283 e. The minimum Gasteiger partial charge on any atom is -0.266 e. The Kier molecular flexibility index (Phi) is 5.68. The van der Waals surface area contributed by atoms with Gasteiger partial charge in [0.15, 0.2) is 5.13 Å². The summed E-state index contributed by atoms with van der Waals surface area (Å²) in [7, 11) is -3.73. The van der Waals surface area contributed by atoms with Gasteiger partial charge in [-0.15, -0.1) is 0 Å². The number of amides is 1. The fraction of sp³-hybridized carbons (Fsp3) is 0.267. The maximum atomic E-state index is 12.3. The van der Waals surface area contributed by atoms with Crippen LogP contribution in [0, 0.1) is 6.92 Å². The molecule has 0 aliphatic carbocycles. The molecule has 1 heterocycles. The summed E-state index contributed by atoms with van der Waals surface area (Å²) in [4.78, 5) is 16.7. The van der Waals surface area contributed by atoms with E-state index in [9.17, 15) is 13.2 Å². The lowest BCUT2D eigenvalue weighted by Gasteiger charge is -2.04. The van der Waals surface area contributed by atoms with Crippen molar-refractivity contribution in [3.63, 3.8) is 0 Å². The molecule has 2 aromatic rings. The van der Waals surface area contributed by atoms with Crippen LogP contribution in [0.3, 0.4) is 0 Å². The average Bonchev–Trinajstić information content (AvgIpc) is 2.92. The largest absolute Gasteiger partial charge is 0.283 e. The summed E-state index contributed by atoms with van der Waals surface area (Å²) in [5, 5.41) is 4.09. The highest BCUT2D eigenvalue weighted by Crippen LogP contribution is 2.25. The minimum atomic E-state index is -3.73. The van der Waals surface area contributed by atoms with E-state index in [-0.39, 0.29) is 10.0 Å². The van der Waals surface area contributed by atoms with Gasteiger partial charge in [-0.1, -0.05) is 36.5 Å². The van der Waals surface area contributed by atoms with Crippen LogP contribution in [-0.4, -0.2) is 25.0 Å². The molecule has 0 bridgehead atoms. The lowest BCUT2D eigenvalue weighted by atomic mass is 10.3. The molecule has 128 valence electrons. The van der Waals surface area contributed by atoms with E-state index in [1.165, 1.54) is 12.1 Å². The fourth-order valence-corrected chi connectivity index (χ4v) is 3.81. The quantitative estimate of drug-likeness (QED) is 0.606. The third-order valence-corrected chi connectivity index (χ3v) is 5.69. The molecule has 0 aliphatic rings. The van der Waals surface area contributed by atoms with Crippen molar-refractivity contribution >= 4 is 38.1 Å². The Hall–Kier alpha value is -2.26. The summed E-state index contributed by atoms with van der Waals surface area (Å²) in [6.07, 6.45) is 0.726. The van der Waals surface area contributed by atoms with Gasteiger partial charge in [0.2, 0.25) is 0 Å². The second-order valence-electron chi connectivity index (χ2n) is 4.99. The summed E-state index contributed by atoms with van der Waals surface area (Å²) in [6.45, 7) is 5.38. The minimum absolute atomic E-state index is 0.132. The van der Waals surface area contributed by atoms with E-state index in [0.29, 0.717) is 10.6 Å². The molecule has 0 saturated carbocycles. The van der Waals surface area contributed by atoms with E-state index in [1.54, 1.807) is 32.0 Å². The third-order valence-electron chi connectivity index (χ3n) is 3.14. The third kappa shape index (κ3) is 4.39. The lowest BCUT2D eigenvalue weighted by Crippen LogP contribution is -2.18. The highest BCUT2D eigenvalue weighted by Gasteiger charge is 2.20. The van der Waals surface area contributed by atoms with Crippen LogP contribution in [0.25, 0.3) is 0 Å². The van der Waals surface area contributed by atoms with Gasteiger partial charge < -0.3 is 0 Å². The van der Waals surface area contributed by atoms with Crippen LogP contribution >= 0.6 is 11.3 Å². The Balaban J connectivity index is 2.19. The van der Waals surface area contributed by atoms with Crippen molar-refractivity contribution < 1.29 is 13.2 Å². The van der Waals surface area contributed by atoms with Crippen molar-refractivity contribution in [2.75, 3.05) is 4.72 Å².